The van der Waals surface area contributed by atoms with Gasteiger partial charge in [0.25, 0.3) is 0 Å². The van der Waals surface area contributed by atoms with E-state index >= 15 is 0 Å². The number of likely N-dealkylation sites (tertiary alicyclic amines) is 1. The van der Waals surface area contributed by atoms with Crippen LogP contribution in [0, 0.1) is 0 Å². The van der Waals surface area contributed by atoms with Crippen molar-refractivity contribution in [3.8, 4) is 0 Å². The number of carbonyl (C=O) groups excluding carboxylic acids is 1. The third-order valence-electron chi connectivity index (χ3n) is 3.90. The van der Waals surface area contributed by atoms with Crippen LogP contribution >= 0.6 is 0 Å². The van der Waals surface area contributed by atoms with Gasteiger partial charge in [0.15, 0.2) is 0 Å². The SMILES string of the molecule is CCN(CC)S(=O)(=O)CC(=O)N1CCC(OCCCN)CC1. The molecule has 0 saturated carbocycles. The zero-order valence-corrected chi connectivity index (χ0v) is 14.5. The number of piperidine rings is 1. The highest BCUT2D eigenvalue weighted by atomic mass is 32.2. The van der Waals surface area contributed by atoms with E-state index in [1.807, 2.05) is 0 Å². The first-order valence-electron chi connectivity index (χ1n) is 8.01. The van der Waals surface area contributed by atoms with Crippen molar-refractivity contribution in [2.24, 2.45) is 5.73 Å². The second kappa shape index (κ2) is 9.44. The minimum Gasteiger partial charge on any atom is -0.378 e. The van der Waals surface area contributed by atoms with Gasteiger partial charge in [-0.2, -0.15) is 0 Å². The fourth-order valence-corrected chi connectivity index (χ4v) is 4.02. The average Bonchev–Trinajstić information content (AvgIpc) is 2.48. The summed E-state index contributed by atoms with van der Waals surface area (Å²) in [6.45, 7) is 6.70. The molecule has 0 aromatic rings. The van der Waals surface area contributed by atoms with Crippen LogP contribution in [0.5, 0.6) is 0 Å². The van der Waals surface area contributed by atoms with Crippen LogP contribution < -0.4 is 5.73 Å². The zero-order chi connectivity index (χ0) is 16.6. The summed E-state index contributed by atoms with van der Waals surface area (Å²) in [4.78, 5) is 13.8. The molecule has 2 N–H and O–H groups in total. The van der Waals surface area contributed by atoms with Crippen LogP contribution in [0.15, 0.2) is 0 Å². The van der Waals surface area contributed by atoms with Crippen molar-refractivity contribution >= 4 is 15.9 Å². The van der Waals surface area contributed by atoms with E-state index in [0.29, 0.717) is 39.3 Å². The Bertz CT molecular complexity index is 429. The second-order valence-corrected chi connectivity index (χ2v) is 7.40. The molecular weight excluding hydrogens is 306 g/mol. The Balaban J connectivity index is 2.42. The lowest BCUT2D eigenvalue weighted by Gasteiger charge is -2.32. The Morgan fingerprint density at radius 3 is 2.36 bits per heavy atom. The second-order valence-electron chi connectivity index (χ2n) is 5.43. The third-order valence-corrected chi connectivity index (χ3v) is 5.82. The van der Waals surface area contributed by atoms with Crippen LogP contribution in [-0.4, -0.2) is 74.7 Å². The smallest absolute Gasteiger partial charge is 0.239 e. The Hall–Kier alpha value is -0.700. The third kappa shape index (κ3) is 5.83. The van der Waals surface area contributed by atoms with Gasteiger partial charge in [-0.3, -0.25) is 4.79 Å². The Morgan fingerprint density at radius 2 is 1.86 bits per heavy atom. The average molecular weight is 335 g/mol. The maximum atomic E-state index is 12.2. The number of amides is 1. The number of nitrogens with two attached hydrogens (primary N) is 1. The maximum Gasteiger partial charge on any atom is 0.239 e. The molecule has 0 atom stereocenters. The molecule has 0 bridgehead atoms. The molecule has 0 unspecified atom stereocenters. The monoisotopic (exact) mass is 335 g/mol. The first-order valence-corrected chi connectivity index (χ1v) is 9.62. The van der Waals surface area contributed by atoms with Gasteiger partial charge >= 0.3 is 0 Å². The zero-order valence-electron chi connectivity index (χ0n) is 13.7. The summed E-state index contributed by atoms with van der Waals surface area (Å²) in [5.41, 5.74) is 5.42. The highest BCUT2D eigenvalue weighted by Gasteiger charge is 2.28. The van der Waals surface area contributed by atoms with Crippen molar-refractivity contribution in [2.75, 3.05) is 45.1 Å². The number of hydrogen-bond acceptors (Lipinski definition) is 5. The Labute approximate surface area is 133 Å². The van der Waals surface area contributed by atoms with Crippen LogP contribution in [0.2, 0.25) is 0 Å². The standard InChI is InChI=1S/C14H29N3O4S/c1-3-17(4-2)22(19,20)12-14(18)16-9-6-13(7-10-16)21-11-5-8-15/h13H,3-12,15H2,1-2H3. The number of ether oxygens (including phenoxy) is 1. The number of carbonyl (C=O) groups is 1. The predicted molar refractivity (Wildman–Crippen MR) is 85.9 cm³/mol. The minimum absolute atomic E-state index is 0.148. The summed E-state index contributed by atoms with van der Waals surface area (Å²) in [6.07, 6.45) is 2.49. The molecule has 1 saturated heterocycles. The molecule has 0 aromatic carbocycles. The van der Waals surface area contributed by atoms with Gasteiger partial charge in [0.05, 0.1) is 6.10 Å². The van der Waals surface area contributed by atoms with Crippen LogP contribution in [0.4, 0.5) is 0 Å². The minimum atomic E-state index is -3.51. The first kappa shape index (κ1) is 19.3. The maximum absolute atomic E-state index is 12.2. The molecule has 1 rings (SSSR count). The summed E-state index contributed by atoms with van der Waals surface area (Å²) in [5.74, 6) is -0.750. The van der Waals surface area contributed by atoms with Gasteiger partial charge in [-0.05, 0) is 25.8 Å². The predicted octanol–water partition coefficient (Wildman–Crippen LogP) is 0.0144. The highest BCUT2D eigenvalue weighted by molar-refractivity contribution is 7.89. The van der Waals surface area contributed by atoms with E-state index in [-0.39, 0.29) is 12.0 Å². The molecular formula is C14H29N3O4S. The van der Waals surface area contributed by atoms with Gasteiger partial charge in [0.1, 0.15) is 5.75 Å². The van der Waals surface area contributed by atoms with Crippen molar-refractivity contribution in [3.05, 3.63) is 0 Å². The Morgan fingerprint density at radius 1 is 1.27 bits per heavy atom. The summed E-state index contributed by atoms with van der Waals surface area (Å²) in [7, 11) is -3.51. The number of rotatable bonds is 9. The molecule has 1 amide bonds. The van der Waals surface area contributed by atoms with E-state index in [0.717, 1.165) is 19.3 Å². The van der Waals surface area contributed by atoms with E-state index in [4.69, 9.17) is 10.5 Å². The number of sulfonamides is 1. The van der Waals surface area contributed by atoms with E-state index in [9.17, 15) is 13.2 Å². The van der Waals surface area contributed by atoms with E-state index in [1.54, 1.807) is 18.7 Å². The van der Waals surface area contributed by atoms with E-state index < -0.39 is 15.8 Å². The Kier molecular flexibility index (Phi) is 8.30. The van der Waals surface area contributed by atoms with E-state index in [2.05, 4.69) is 0 Å². The fraction of sp³-hybridized carbons (Fsp3) is 0.929. The van der Waals surface area contributed by atoms with Crippen molar-refractivity contribution in [1.82, 2.24) is 9.21 Å². The largest absolute Gasteiger partial charge is 0.378 e. The summed E-state index contributed by atoms with van der Waals surface area (Å²) >= 11 is 0. The van der Waals surface area contributed by atoms with Gasteiger partial charge in [0.2, 0.25) is 15.9 Å². The first-order chi connectivity index (χ1) is 10.4. The number of hydrogen-bond donors (Lipinski definition) is 1. The molecule has 0 aromatic heterocycles. The molecule has 0 aliphatic carbocycles. The molecule has 0 spiro atoms. The van der Waals surface area contributed by atoms with Crippen molar-refractivity contribution in [3.63, 3.8) is 0 Å². The van der Waals surface area contributed by atoms with E-state index in [1.165, 1.54) is 4.31 Å². The summed E-state index contributed by atoms with van der Waals surface area (Å²) in [6, 6.07) is 0. The van der Waals surface area contributed by atoms with Crippen LogP contribution in [-0.2, 0) is 19.6 Å². The number of nitrogens with zero attached hydrogens (tertiary/aromatic N) is 2. The van der Waals surface area contributed by atoms with Crippen molar-refractivity contribution < 1.29 is 17.9 Å². The van der Waals surface area contributed by atoms with Crippen LogP contribution in [0.1, 0.15) is 33.1 Å². The van der Waals surface area contributed by atoms with Gasteiger partial charge < -0.3 is 15.4 Å². The van der Waals surface area contributed by atoms with Crippen LogP contribution in [0.3, 0.4) is 0 Å². The summed E-state index contributed by atoms with van der Waals surface area (Å²) in [5, 5.41) is 0. The lowest BCUT2D eigenvalue weighted by atomic mass is 10.1. The molecule has 7 nitrogen and oxygen atoms in total. The molecule has 0 radical (unpaired) electrons. The van der Waals surface area contributed by atoms with Gasteiger partial charge in [0, 0.05) is 32.8 Å². The van der Waals surface area contributed by atoms with Gasteiger partial charge in [-0.1, -0.05) is 13.8 Å². The van der Waals surface area contributed by atoms with Crippen molar-refractivity contribution in [1.29, 1.82) is 0 Å². The summed E-state index contributed by atoms with van der Waals surface area (Å²) < 4.78 is 31.3. The fourth-order valence-electron chi connectivity index (χ4n) is 2.56. The molecule has 1 aliphatic rings. The molecule has 1 heterocycles. The topological polar surface area (TPSA) is 92.9 Å². The van der Waals surface area contributed by atoms with Crippen LogP contribution in [0.25, 0.3) is 0 Å². The normalized spacial score (nSPS) is 17.2. The molecule has 1 aliphatic heterocycles. The lowest BCUT2D eigenvalue weighted by Crippen LogP contribution is -2.45. The molecule has 22 heavy (non-hydrogen) atoms. The van der Waals surface area contributed by atoms with Crippen molar-refractivity contribution in [2.45, 2.75) is 39.2 Å². The quantitative estimate of drug-likeness (QED) is 0.599. The van der Waals surface area contributed by atoms with Gasteiger partial charge in [-0.25, -0.2) is 12.7 Å². The molecule has 1 fully saturated rings. The molecule has 8 heteroatoms. The lowest BCUT2D eigenvalue weighted by molar-refractivity contribution is -0.131. The molecule has 130 valence electrons. The van der Waals surface area contributed by atoms with Gasteiger partial charge in [-0.15, -0.1) is 0 Å². The highest BCUT2D eigenvalue weighted by Crippen LogP contribution is 2.15.